The molecule has 2 aliphatic rings. The molecule has 2 aromatic carbocycles. The molecule has 0 radical (unpaired) electrons. The average molecular weight is 320 g/mol. The van der Waals surface area contributed by atoms with Gasteiger partial charge in [-0.2, -0.15) is 0 Å². The molecule has 0 spiro atoms. The van der Waals surface area contributed by atoms with Gasteiger partial charge in [-0.15, -0.1) is 0 Å². The Labute approximate surface area is 145 Å². The Bertz CT molecular complexity index is 611. The number of piperidine rings is 1. The Morgan fingerprint density at radius 2 is 1.38 bits per heavy atom. The Hall–Kier alpha value is -1.64. The minimum atomic E-state index is 0.700. The first-order chi connectivity index (χ1) is 11.9. The molecule has 24 heavy (non-hydrogen) atoms. The summed E-state index contributed by atoms with van der Waals surface area (Å²) < 4.78 is 0. The van der Waals surface area contributed by atoms with Gasteiger partial charge >= 0.3 is 0 Å². The summed E-state index contributed by atoms with van der Waals surface area (Å²) in [6.45, 7) is 4.62. The molecule has 1 aliphatic heterocycles. The second kappa shape index (κ2) is 7.50. The lowest BCUT2D eigenvalue weighted by Gasteiger charge is -2.48. The number of fused-ring (bicyclic) bond motifs is 2. The first kappa shape index (κ1) is 15.9. The molecular formula is C22H28N2. The lowest BCUT2D eigenvalue weighted by atomic mass is 9.73. The van der Waals surface area contributed by atoms with Crippen molar-refractivity contribution in [3.05, 3.63) is 71.8 Å². The topological polar surface area (TPSA) is 15.3 Å². The number of hydrogen-bond donors (Lipinski definition) is 1. The molecule has 4 rings (SSSR count). The van der Waals surface area contributed by atoms with Gasteiger partial charge in [0.1, 0.15) is 0 Å². The normalized spacial score (nSPS) is 27.1. The smallest absolute Gasteiger partial charge is 0.0233 e. The number of nitrogens with one attached hydrogen (secondary N) is 1. The second-order valence-electron chi connectivity index (χ2n) is 7.52. The zero-order chi connectivity index (χ0) is 16.2. The molecule has 2 atom stereocenters. The van der Waals surface area contributed by atoms with Crippen LogP contribution < -0.4 is 5.32 Å². The quantitative estimate of drug-likeness (QED) is 0.893. The van der Waals surface area contributed by atoms with Crippen LogP contribution in [0.1, 0.15) is 30.4 Å². The van der Waals surface area contributed by atoms with E-state index in [1.807, 2.05) is 0 Å². The fraction of sp³-hybridized carbons (Fsp3) is 0.455. The third kappa shape index (κ3) is 3.71. The van der Waals surface area contributed by atoms with Gasteiger partial charge in [-0.25, -0.2) is 0 Å². The minimum absolute atomic E-state index is 0.700. The number of rotatable bonds is 5. The van der Waals surface area contributed by atoms with Crippen LogP contribution in [0.4, 0.5) is 0 Å². The van der Waals surface area contributed by atoms with Gasteiger partial charge in [0.15, 0.2) is 0 Å². The SMILES string of the molecule is c1ccc(CNC2C3CCCC2CN(Cc2ccccc2)C3)cc1. The summed E-state index contributed by atoms with van der Waals surface area (Å²) in [5.74, 6) is 1.62. The predicted octanol–water partition coefficient (Wildman–Crippen LogP) is 4.08. The summed E-state index contributed by atoms with van der Waals surface area (Å²) in [6, 6.07) is 22.5. The first-order valence-electron chi connectivity index (χ1n) is 9.42. The Morgan fingerprint density at radius 3 is 2.00 bits per heavy atom. The van der Waals surface area contributed by atoms with Crippen LogP contribution in [0.5, 0.6) is 0 Å². The Kier molecular flexibility index (Phi) is 4.96. The maximum Gasteiger partial charge on any atom is 0.0233 e. The molecule has 0 amide bonds. The highest BCUT2D eigenvalue weighted by molar-refractivity contribution is 5.16. The van der Waals surface area contributed by atoms with Gasteiger partial charge in [-0.3, -0.25) is 4.90 Å². The van der Waals surface area contributed by atoms with Crippen molar-refractivity contribution in [3.8, 4) is 0 Å². The minimum Gasteiger partial charge on any atom is -0.309 e. The van der Waals surface area contributed by atoms with E-state index in [0.717, 1.165) is 24.9 Å². The molecule has 1 heterocycles. The van der Waals surface area contributed by atoms with E-state index in [1.165, 1.54) is 43.5 Å². The highest BCUT2D eigenvalue weighted by Gasteiger charge is 2.38. The van der Waals surface area contributed by atoms with Crippen molar-refractivity contribution in [1.82, 2.24) is 10.2 Å². The number of hydrogen-bond acceptors (Lipinski definition) is 2. The molecule has 0 aromatic heterocycles. The van der Waals surface area contributed by atoms with Gasteiger partial charge < -0.3 is 5.32 Å². The summed E-state index contributed by atoms with van der Waals surface area (Å²) in [6.07, 6.45) is 4.18. The highest BCUT2D eigenvalue weighted by atomic mass is 15.2. The fourth-order valence-electron chi connectivity index (χ4n) is 4.67. The third-order valence-electron chi connectivity index (χ3n) is 5.78. The van der Waals surface area contributed by atoms with Crippen molar-refractivity contribution in [2.75, 3.05) is 13.1 Å². The van der Waals surface area contributed by atoms with Crippen molar-refractivity contribution in [2.45, 2.75) is 38.4 Å². The van der Waals surface area contributed by atoms with Crippen LogP contribution >= 0.6 is 0 Å². The van der Waals surface area contributed by atoms with E-state index >= 15 is 0 Å². The summed E-state index contributed by atoms with van der Waals surface area (Å²) in [5.41, 5.74) is 2.86. The van der Waals surface area contributed by atoms with E-state index < -0.39 is 0 Å². The number of likely N-dealkylation sites (tertiary alicyclic amines) is 1. The second-order valence-corrected chi connectivity index (χ2v) is 7.52. The van der Waals surface area contributed by atoms with Crippen LogP contribution in [-0.4, -0.2) is 24.0 Å². The Balaban J connectivity index is 1.38. The van der Waals surface area contributed by atoms with Gasteiger partial charge in [-0.1, -0.05) is 67.1 Å². The monoisotopic (exact) mass is 320 g/mol. The van der Waals surface area contributed by atoms with Gasteiger partial charge in [0.25, 0.3) is 0 Å². The first-order valence-corrected chi connectivity index (χ1v) is 9.42. The standard InChI is InChI=1S/C22H28N2/c1-3-8-18(9-4-1)14-23-22-20-12-7-13-21(22)17-24(16-20)15-19-10-5-2-6-11-19/h1-6,8-11,20-23H,7,12-17H2. The van der Waals surface area contributed by atoms with E-state index in [2.05, 4.69) is 70.9 Å². The van der Waals surface area contributed by atoms with E-state index in [-0.39, 0.29) is 0 Å². The summed E-state index contributed by atoms with van der Waals surface area (Å²) in [7, 11) is 0. The van der Waals surface area contributed by atoms with Gasteiger partial charge in [0.05, 0.1) is 0 Å². The number of benzene rings is 2. The van der Waals surface area contributed by atoms with E-state index in [1.54, 1.807) is 0 Å². The molecule has 2 fully saturated rings. The van der Waals surface area contributed by atoms with E-state index in [4.69, 9.17) is 0 Å². The lowest BCUT2D eigenvalue weighted by molar-refractivity contribution is 0.0415. The molecule has 126 valence electrons. The van der Waals surface area contributed by atoms with Crippen LogP contribution in [0.25, 0.3) is 0 Å². The molecular weight excluding hydrogens is 292 g/mol. The van der Waals surface area contributed by atoms with Crippen LogP contribution in [-0.2, 0) is 13.1 Å². The van der Waals surface area contributed by atoms with Gasteiger partial charge in [0, 0.05) is 32.2 Å². The zero-order valence-electron chi connectivity index (χ0n) is 14.4. The van der Waals surface area contributed by atoms with Crippen molar-refractivity contribution in [2.24, 2.45) is 11.8 Å². The van der Waals surface area contributed by atoms with E-state index in [9.17, 15) is 0 Å². The lowest BCUT2D eigenvalue weighted by Crippen LogP contribution is -2.56. The molecule has 1 aliphatic carbocycles. The van der Waals surface area contributed by atoms with E-state index in [0.29, 0.717) is 6.04 Å². The molecule has 1 saturated carbocycles. The summed E-state index contributed by atoms with van der Waals surface area (Å²) in [4.78, 5) is 2.69. The van der Waals surface area contributed by atoms with Crippen LogP contribution in [0.3, 0.4) is 0 Å². The van der Waals surface area contributed by atoms with Crippen LogP contribution in [0.15, 0.2) is 60.7 Å². The molecule has 2 heteroatoms. The third-order valence-corrected chi connectivity index (χ3v) is 5.78. The van der Waals surface area contributed by atoms with Gasteiger partial charge in [0.2, 0.25) is 0 Å². The van der Waals surface area contributed by atoms with Crippen molar-refractivity contribution in [3.63, 3.8) is 0 Å². The largest absolute Gasteiger partial charge is 0.309 e. The maximum absolute atomic E-state index is 3.90. The number of nitrogens with zero attached hydrogens (tertiary/aromatic N) is 1. The molecule has 2 unspecified atom stereocenters. The van der Waals surface area contributed by atoms with Crippen molar-refractivity contribution < 1.29 is 0 Å². The molecule has 2 bridgehead atoms. The Morgan fingerprint density at radius 1 is 0.792 bits per heavy atom. The maximum atomic E-state index is 3.90. The van der Waals surface area contributed by atoms with Crippen molar-refractivity contribution in [1.29, 1.82) is 0 Å². The summed E-state index contributed by atoms with van der Waals surface area (Å²) >= 11 is 0. The molecule has 2 aromatic rings. The summed E-state index contributed by atoms with van der Waals surface area (Å²) in [5, 5.41) is 3.90. The zero-order valence-corrected chi connectivity index (χ0v) is 14.4. The molecule has 1 saturated heterocycles. The fourth-order valence-corrected chi connectivity index (χ4v) is 4.67. The molecule has 1 N–H and O–H groups in total. The highest BCUT2D eigenvalue weighted by Crippen LogP contribution is 2.35. The van der Waals surface area contributed by atoms with Crippen LogP contribution in [0.2, 0.25) is 0 Å². The predicted molar refractivity (Wildman–Crippen MR) is 99.6 cm³/mol. The van der Waals surface area contributed by atoms with Gasteiger partial charge in [-0.05, 0) is 35.8 Å². The molecule has 2 nitrogen and oxygen atoms in total. The average Bonchev–Trinajstić information content (AvgIpc) is 2.61. The van der Waals surface area contributed by atoms with Crippen LogP contribution in [0, 0.1) is 11.8 Å². The van der Waals surface area contributed by atoms with Crippen molar-refractivity contribution >= 4 is 0 Å².